The van der Waals surface area contributed by atoms with E-state index in [1.165, 1.54) is 11.3 Å². The molecule has 0 saturated carbocycles. The summed E-state index contributed by atoms with van der Waals surface area (Å²) in [6.45, 7) is 0. The molecule has 0 aliphatic heterocycles. The van der Waals surface area contributed by atoms with Gasteiger partial charge < -0.3 is 11.1 Å². The Labute approximate surface area is 74.1 Å². The lowest BCUT2D eigenvalue weighted by Gasteiger charge is -1.94. The molecule has 1 rings (SSSR count). The van der Waals surface area contributed by atoms with Gasteiger partial charge in [0.15, 0.2) is 10.2 Å². The van der Waals surface area contributed by atoms with Gasteiger partial charge in [0, 0.05) is 11.6 Å². The summed E-state index contributed by atoms with van der Waals surface area (Å²) in [5, 5.41) is 5.54. The fraction of sp³-hybridized carbons (Fsp3) is 0. The van der Waals surface area contributed by atoms with Crippen molar-refractivity contribution in [1.29, 1.82) is 0 Å². The van der Waals surface area contributed by atoms with E-state index in [9.17, 15) is 0 Å². The highest BCUT2D eigenvalue weighted by Crippen LogP contribution is 2.08. The smallest absolute Gasteiger partial charge is 0.188 e. The maximum atomic E-state index is 5.17. The highest BCUT2D eigenvalue weighted by atomic mass is 35.5. The van der Waals surface area contributed by atoms with Crippen molar-refractivity contribution in [3.05, 3.63) is 11.6 Å². The first-order valence-electron chi connectivity index (χ1n) is 2.25. The van der Waals surface area contributed by atoms with Crippen molar-refractivity contribution in [2.24, 2.45) is 5.73 Å². The lowest BCUT2D eigenvalue weighted by Crippen LogP contribution is -2.18. The molecule has 3 nitrogen and oxygen atoms in total. The lowest BCUT2D eigenvalue weighted by atomic mass is 11.0. The van der Waals surface area contributed by atoms with E-state index in [-0.39, 0.29) is 17.5 Å². The fourth-order valence-electron chi connectivity index (χ4n) is 0.391. The number of anilines is 1. The van der Waals surface area contributed by atoms with Crippen molar-refractivity contribution in [3.8, 4) is 0 Å². The Morgan fingerprint density at radius 2 is 2.50 bits per heavy atom. The summed E-state index contributed by atoms with van der Waals surface area (Å²) in [5.41, 5.74) is 5.17. The van der Waals surface area contributed by atoms with E-state index in [1.807, 2.05) is 5.38 Å². The third kappa shape index (κ3) is 2.95. The number of aromatic nitrogens is 1. The van der Waals surface area contributed by atoms with Gasteiger partial charge in [-0.1, -0.05) is 0 Å². The Kier molecular flexibility index (Phi) is 4.26. The van der Waals surface area contributed by atoms with Gasteiger partial charge in [-0.15, -0.1) is 23.7 Å². The number of hydrogen-bond donors (Lipinski definition) is 2. The van der Waals surface area contributed by atoms with Gasteiger partial charge in [0.05, 0.1) is 0 Å². The van der Waals surface area contributed by atoms with E-state index in [1.54, 1.807) is 6.20 Å². The van der Waals surface area contributed by atoms with Crippen LogP contribution in [0.4, 0.5) is 5.13 Å². The zero-order valence-corrected chi connectivity index (χ0v) is 7.35. The highest BCUT2D eigenvalue weighted by Gasteiger charge is 1.91. The Morgan fingerprint density at radius 3 is 2.90 bits per heavy atom. The molecule has 0 unspecified atom stereocenters. The molecule has 0 saturated heterocycles. The SMILES string of the molecule is Cl.NC(=S)Nc1nccs1. The zero-order chi connectivity index (χ0) is 6.69. The van der Waals surface area contributed by atoms with Crippen molar-refractivity contribution < 1.29 is 0 Å². The van der Waals surface area contributed by atoms with E-state index < -0.39 is 0 Å². The quantitative estimate of drug-likeness (QED) is 0.662. The van der Waals surface area contributed by atoms with E-state index in [0.717, 1.165) is 5.13 Å². The molecule has 0 fully saturated rings. The zero-order valence-electron chi connectivity index (χ0n) is 4.90. The molecular formula is C4H6ClN3S2. The molecule has 0 bridgehead atoms. The van der Waals surface area contributed by atoms with Crippen LogP contribution in [0.15, 0.2) is 11.6 Å². The minimum Gasteiger partial charge on any atom is -0.376 e. The minimum atomic E-state index is 0. The van der Waals surface area contributed by atoms with Gasteiger partial charge in [-0.25, -0.2) is 4.98 Å². The summed E-state index contributed by atoms with van der Waals surface area (Å²) < 4.78 is 0. The number of halogens is 1. The second-order valence-corrected chi connectivity index (χ2v) is 2.66. The van der Waals surface area contributed by atoms with Crippen molar-refractivity contribution in [3.63, 3.8) is 0 Å². The van der Waals surface area contributed by atoms with E-state index in [2.05, 4.69) is 22.5 Å². The van der Waals surface area contributed by atoms with Crippen molar-refractivity contribution >= 4 is 46.2 Å². The van der Waals surface area contributed by atoms with Crippen LogP contribution in [0.3, 0.4) is 0 Å². The summed E-state index contributed by atoms with van der Waals surface area (Å²) in [7, 11) is 0. The average molecular weight is 196 g/mol. The molecule has 0 aliphatic rings. The monoisotopic (exact) mass is 195 g/mol. The number of nitrogens with two attached hydrogens (primary N) is 1. The molecule has 1 aromatic rings. The van der Waals surface area contributed by atoms with Gasteiger partial charge in [-0.05, 0) is 12.2 Å². The minimum absolute atomic E-state index is 0. The number of nitrogens with zero attached hydrogens (tertiary/aromatic N) is 1. The summed E-state index contributed by atoms with van der Waals surface area (Å²) >= 11 is 6.04. The number of hydrogen-bond acceptors (Lipinski definition) is 3. The second-order valence-electron chi connectivity index (χ2n) is 1.33. The van der Waals surface area contributed by atoms with Crippen LogP contribution < -0.4 is 11.1 Å². The van der Waals surface area contributed by atoms with Gasteiger partial charge in [0.2, 0.25) is 0 Å². The third-order valence-electron chi connectivity index (χ3n) is 0.662. The second kappa shape index (κ2) is 4.43. The first kappa shape index (κ1) is 9.61. The predicted molar refractivity (Wildman–Crippen MR) is 49.8 cm³/mol. The van der Waals surface area contributed by atoms with Crippen LogP contribution >= 0.6 is 36.0 Å². The summed E-state index contributed by atoms with van der Waals surface area (Å²) in [4.78, 5) is 3.90. The van der Waals surface area contributed by atoms with Crippen LogP contribution in [0.1, 0.15) is 0 Å². The molecule has 1 aromatic heterocycles. The standard InChI is InChI=1S/C4H5N3S2.ClH/c5-3(8)7-4-6-1-2-9-4;/h1-2H,(H3,5,6,7,8);1H. The fourth-order valence-corrected chi connectivity index (χ4v) is 1.09. The molecule has 3 N–H and O–H groups in total. The van der Waals surface area contributed by atoms with Crippen molar-refractivity contribution in [2.45, 2.75) is 0 Å². The first-order chi connectivity index (χ1) is 4.29. The summed E-state index contributed by atoms with van der Waals surface area (Å²) in [6, 6.07) is 0. The van der Waals surface area contributed by atoms with E-state index in [0.29, 0.717) is 0 Å². The normalized spacial score (nSPS) is 8.00. The molecule has 10 heavy (non-hydrogen) atoms. The molecule has 0 aliphatic carbocycles. The number of rotatable bonds is 1. The molecule has 1 heterocycles. The van der Waals surface area contributed by atoms with E-state index in [4.69, 9.17) is 5.73 Å². The first-order valence-corrected chi connectivity index (χ1v) is 3.54. The maximum Gasteiger partial charge on any atom is 0.188 e. The van der Waals surface area contributed by atoms with Gasteiger partial charge in [-0.2, -0.15) is 0 Å². The molecule has 0 aromatic carbocycles. The molecule has 0 spiro atoms. The van der Waals surface area contributed by atoms with Gasteiger partial charge in [-0.3, -0.25) is 0 Å². The Morgan fingerprint density at radius 1 is 1.80 bits per heavy atom. The number of thiazole rings is 1. The van der Waals surface area contributed by atoms with Gasteiger partial charge in [0.1, 0.15) is 0 Å². The maximum absolute atomic E-state index is 5.17. The van der Waals surface area contributed by atoms with Crippen molar-refractivity contribution in [2.75, 3.05) is 5.32 Å². The van der Waals surface area contributed by atoms with Crippen LogP contribution in [0.5, 0.6) is 0 Å². The molecule has 0 atom stereocenters. The number of nitrogens with one attached hydrogen (secondary N) is 1. The Hall–Kier alpha value is -0.390. The van der Waals surface area contributed by atoms with Crippen LogP contribution in [0, 0.1) is 0 Å². The highest BCUT2D eigenvalue weighted by molar-refractivity contribution is 7.80. The predicted octanol–water partition coefficient (Wildman–Crippen LogP) is 1.22. The van der Waals surface area contributed by atoms with Crippen LogP contribution in [-0.2, 0) is 0 Å². The summed E-state index contributed by atoms with van der Waals surface area (Å²) in [6.07, 6.45) is 1.69. The molecule has 0 amide bonds. The molecular weight excluding hydrogens is 190 g/mol. The van der Waals surface area contributed by atoms with Crippen LogP contribution in [0.25, 0.3) is 0 Å². The molecule has 56 valence electrons. The largest absolute Gasteiger partial charge is 0.376 e. The van der Waals surface area contributed by atoms with Crippen molar-refractivity contribution in [1.82, 2.24) is 4.98 Å². The molecule has 6 heteroatoms. The van der Waals surface area contributed by atoms with Gasteiger partial charge in [0.25, 0.3) is 0 Å². The Balaban J connectivity index is 0.000000810. The third-order valence-corrected chi connectivity index (χ3v) is 1.45. The van der Waals surface area contributed by atoms with Crippen LogP contribution in [-0.4, -0.2) is 10.1 Å². The summed E-state index contributed by atoms with van der Waals surface area (Å²) in [5.74, 6) is 0. The van der Waals surface area contributed by atoms with Crippen LogP contribution in [0.2, 0.25) is 0 Å². The van der Waals surface area contributed by atoms with Gasteiger partial charge >= 0.3 is 0 Å². The van der Waals surface area contributed by atoms with E-state index >= 15 is 0 Å². The average Bonchev–Trinajstić information content (AvgIpc) is 2.15. The number of thiocarbonyl (C=S) groups is 1. The topological polar surface area (TPSA) is 50.9 Å². The Bertz CT molecular complexity index is 198. The lowest BCUT2D eigenvalue weighted by molar-refractivity contribution is 1.41. The molecule has 0 radical (unpaired) electrons.